The van der Waals surface area contributed by atoms with E-state index in [1.165, 1.54) is 6.07 Å². The molecule has 3 rings (SSSR count). The second-order valence-corrected chi connectivity index (χ2v) is 4.36. The second kappa shape index (κ2) is 4.61. The molecule has 0 aliphatic rings. The van der Waals surface area contributed by atoms with E-state index in [9.17, 15) is 4.79 Å². The van der Waals surface area contributed by atoms with Gasteiger partial charge in [0.1, 0.15) is 5.75 Å². The van der Waals surface area contributed by atoms with E-state index in [1.54, 1.807) is 7.11 Å². The van der Waals surface area contributed by atoms with E-state index in [2.05, 4.69) is 11.1 Å². The summed E-state index contributed by atoms with van der Waals surface area (Å²) in [6, 6.07) is 17.3. The molecule has 0 saturated heterocycles. The topological polar surface area (TPSA) is 42.1 Å². The number of hydrogen-bond donors (Lipinski definition) is 1. The van der Waals surface area contributed by atoms with Crippen LogP contribution >= 0.6 is 0 Å². The van der Waals surface area contributed by atoms with Crippen LogP contribution in [0.3, 0.4) is 0 Å². The van der Waals surface area contributed by atoms with Crippen LogP contribution < -0.4 is 10.3 Å². The zero-order valence-corrected chi connectivity index (χ0v) is 10.5. The van der Waals surface area contributed by atoms with Crippen LogP contribution in [-0.2, 0) is 0 Å². The predicted octanol–water partition coefficient (Wildman–Crippen LogP) is 3.20. The number of aromatic amines is 1. The highest BCUT2D eigenvalue weighted by Gasteiger charge is 2.01. The fraction of sp³-hybridized carbons (Fsp3) is 0.0625. The summed E-state index contributed by atoms with van der Waals surface area (Å²) in [7, 11) is 1.66. The van der Waals surface area contributed by atoms with Gasteiger partial charge >= 0.3 is 0 Å². The zero-order valence-electron chi connectivity index (χ0n) is 10.5. The Morgan fingerprint density at radius 2 is 1.79 bits per heavy atom. The molecule has 0 amide bonds. The molecule has 0 atom stereocenters. The molecule has 0 spiro atoms. The minimum absolute atomic E-state index is 0.0818. The number of pyridine rings is 1. The Hall–Kier alpha value is -2.55. The lowest BCUT2D eigenvalue weighted by Crippen LogP contribution is -2.01. The molecule has 3 nitrogen and oxygen atoms in total. The van der Waals surface area contributed by atoms with Gasteiger partial charge in [-0.25, -0.2) is 0 Å². The number of hydrogen-bond acceptors (Lipinski definition) is 2. The van der Waals surface area contributed by atoms with Gasteiger partial charge in [0.2, 0.25) is 5.56 Å². The Balaban J connectivity index is 2.14. The van der Waals surface area contributed by atoms with Crippen molar-refractivity contribution in [3.8, 4) is 16.9 Å². The molecule has 0 radical (unpaired) electrons. The van der Waals surface area contributed by atoms with E-state index < -0.39 is 0 Å². The van der Waals surface area contributed by atoms with Gasteiger partial charge in [-0.1, -0.05) is 18.2 Å². The zero-order chi connectivity index (χ0) is 13.2. The van der Waals surface area contributed by atoms with Crippen LogP contribution in [0.15, 0.2) is 59.4 Å². The molecule has 1 heterocycles. The minimum Gasteiger partial charge on any atom is -0.497 e. The molecule has 0 fully saturated rings. The van der Waals surface area contributed by atoms with Gasteiger partial charge in [0.25, 0.3) is 0 Å². The number of ether oxygens (including phenoxy) is 1. The summed E-state index contributed by atoms with van der Waals surface area (Å²) in [6.45, 7) is 0. The van der Waals surface area contributed by atoms with E-state index in [0.29, 0.717) is 0 Å². The lowest BCUT2D eigenvalue weighted by molar-refractivity contribution is 0.415. The van der Waals surface area contributed by atoms with E-state index >= 15 is 0 Å². The normalized spacial score (nSPS) is 10.6. The SMILES string of the molecule is COc1cccc(-c2ccc3[nH]c(=O)ccc3c2)c1. The van der Waals surface area contributed by atoms with Crippen molar-refractivity contribution in [2.45, 2.75) is 0 Å². The first-order valence-electron chi connectivity index (χ1n) is 6.04. The maximum Gasteiger partial charge on any atom is 0.248 e. The molecule has 1 aromatic heterocycles. The monoisotopic (exact) mass is 251 g/mol. The van der Waals surface area contributed by atoms with Crippen molar-refractivity contribution in [2.75, 3.05) is 7.11 Å². The summed E-state index contributed by atoms with van der Waals surface area (Å²) >= 11 is 0. The van der Waals surface area contributed by atoms with Gasteiger partial charge < -0.3 is 9.72 Å². The van der Waals surface area contributed by atoms with E-state index in [4.69, 9.17) is 4.74 Å². The molecule has 3 heteroatoms. The molecule has 0 aliphatic heterocycles. The van der Waals surface area contributed by atoms with Crippen molar-refractivity contribution >= 4 is 10.9 Å². The summed E-state index contributed by atoms with van der Waals surface area (Å²) in [4.78, 5) is 14.1. The number of methoxy groups -OCH3 is 1. The fourth-order valence-corrected chi connectivity index (χ4v) is 2.14. The first kappa shape index (κ1) is 11.5. The Morgan fingerprint density at radius 3 is 2.63 bits per heavy atom. The summed E-state index contributed by atoms with van der Waals surface area (Å²) in [5.41, 5.74) is 2.95. The molecule has 2 aromatic carbocycles. The minimum atomic E-state index is -0.0818. The molecule has 0 aliphatic carbocycles. The van der Waals surface area contributed by atoms with Crippen molar-refractivity contribution in [2.24, 2.45) is 0 Å². The third kappa shape index (κ3) is 2.22. The highest BCUT2D eigenvalue weighted by Crippen LogP contribution is 2.26. The third-order valence-electron chi connectivity index (χ3n) is 3.13. The highest BCUT2D eigenvalue weighted by atomic mass is 16.5. The molecule has 0 bridgehead atoms. The van der Waals surface area contributed by atoms with E-state index in [-0.39, 0.29) is 5.56 Å². The largest absolute Gasteiger partial charge is 0.497 e. The van der Waals surface area contributed by atoms with Crippen LogP contribution in [0.25, 0.3) is 22.0 Å². The van der Waals surface area contributed by atoms with E-state index in [1.807, 2.05) is 42.5 Å². The van der Waals surface area contributed by atoms with Gasteiger partial charge in [-0.15, -0.1) is 0 Å². The standard InChI is InChI=1S/C16H13NO2/c1-19-14-4-2-3-11(10-14)12-5-7-15-13(9-12)6-8-16(18)17-15/h2-10H,1H3,(H,17,18). The molecular weight excluding hydrogens is 238 g/mol. The van der Waals surface area contributed by atoms with Crippen LogP contribution in [0.5, 0.6) is 5.75 Å². The molecule has 1 N–H and O–H groups in total. The summed E-state index contributed by atoms with van der Waals surface area (Å²) in [6.07, 6.45) is 0. The molecule has 19 heavy (non-hydrogen) atoms. The average Bonchev–Trinajstić information content (AvgIpc) is 2.46. The first-order chi connectivity index (χ1) is 9.26. The lowest BCUT2D eigenvalue weighted by Gasteiger charge is -2.06. The Morgan fingerprint density at radius 1 is 0.947 bits per heavy atom. The number of rotatable bonds is 2. The molecule has 3 aromatic rings. The van der Waals surface area contributed by atoms with Crippen LogP contribution in [0, 0.1) is 0 Å². The number of benzene rings is 2. The molecule has 94 valence electrons. The van der Waals surface area contributed by atoms with Crippen LogP contribution in [-0.4, -0.2) is 12.1 Å². The smallest absolute Gasteiger partial charge is 0.248 e. The van der Waals surface area contributed by atoms with Gasteiger partial charge in [-0.3, -0.25) is 4.79 Å². The number of fused-ring (bicyclic) bond motifs is 1. The summed E-state index contributed by atoms with van der Waals surface area (Å²) in [5, 5.41) is 1.01. The summed E-state index contributed by atoms with van der Waals surface area (Å²) < 4.78 is 5.23. The Bertz CT molecular complexity index is 790. The third-order valence-corrected chi connectivity index (χ3v) is 3.13. The van der Waals surface area contributed by atoms with E-state index in [0.717, 1.165) is 27.8 Å². The fourth-order valence-electron chi connectivity index (χ4n) is 2.14. The van der Waals surface area contributed by atoms with Crippen molar-refractivity contribution in [1.82, 2.24) is 4.98 Å². The van der Waals surface area contributed by atoms with Gasteiger partial charge in [0.15, 0.2) is 0 Å². The molecular formula is C16H13NO2. The van der Waals surface area contributed by atoms with Crippen LogP contribution in [0.2, 0.25) is 0 Å². The van der Waals surface area contributed by atoms with Crippen LogP contribution in [0.1, 0.15) is 0 Å². The Labute approximate surface area is 110 Å². The van der Waals surface area contributed by atoms with Gasteiger partial charge in [-0.05, 0) is 46.8 Å². The van der Waals surface area contributed by atoms with Gasteiger partial charge in [0.05, 0.1) is 7.11 Å². The van der Waals surface area contributed by atoms with Crippen molar-refractivity contribution in [3.63, 3.8) is 0 Å². The highest BCUT2D eigenvalue weighted by molar-refractivity contribution is 5.84. The second-order valence-electron chi connectivity index (χ2n) is 4.36. The quantitative estimate of drug-likeness (QED) is 0.760. The maximum absolute atomic E-state index is 11.2. The van der Waals surface area contributed by atoms with Crippen molar-refractivity contribution < 1.29 is 4.74 Å². The molecule has 0 saturated carbocycles. The average molecular weight is 251 g/mol. The van der Waals surface area contributed by atoms with Gasteiger partial charge in [-0.2, -0.15) is 0 Å². The van der Waals surface area contributed by atoms with Crippen molar-refractivity contribution in [1.29, 1.82) is 0 Å². The number of H-pyrrole nitrogens is 1. The Kier molecular flexibility index (Phi) is 2.80. The number of aromatic nitrogens is 1. The maximum atomic E-state index is 11.2. The summed E-state index contributed by atoms with van der Waals surface area (Å²) in [5.74, 6) is 0.832. The van der Waals surface area contributed by atoms with Gasteiger partial charge in [0, 0.05) is 11.6 Å². The van der Waals surface area contributed by atoms with Crippen LogP contribution in [0.4, 0.5) is 0 Å². The molecule has 0 unspecified atom stereocenters. The predicted molar refractivity (Wildman–Crippen MR) is 76.6 cm³/mol. The number of nitrogens with one attached hydrogen (secondary N) is 1. The first-order valence-corrected chi connectivity index (χ1v) is 6.04. The lowest BCUT2D eigenvalue weighted by atomic mass is 10.0. The van der Waals surface area contributed by atoms with Crippen molar-refractivity contribution in [3.05, 3.63) is 65.0 Å².